The highest BCUT2D eigenvalue weighted by molar-refractivity contribution is 8.09. The van der Waals surface area contributed by atoms with Gasteiger partial charge in [0, 0.05) is 10.7 Å². The normalized spacial score (nSPS) is 10.3. The Hall–Kier alpha value is 0.270. The van der Waals surface area contributed by atoms with E-state index in [4.69, 9.17) is 26.3 Å². The minimum Gasteiger partial charge on any atom is -0.284 e. The lowest BCUT2D eigenvalue weighted by molar-refractivity contribution is 0.454. The Labute approximate surface area is 58.2 Å². The van der Waals surface area contributed by atoms with Gasteiger partial charge in [-0.25, -0.2) is 0 Å². The van der Waals surface area contributed by atoms with E-state index in [0.29, 0.717) is 0 Å². The lowest BCUT2D eigenvalue weighted by atomic mass is 15.8. The molecule has 0 spiro atoms. The molecule has 3 N–H and O–H groups in total. The standard InChI is InChI=1S/ClHO3S.H2O3S/c1-5(2,3)4;1-4(2)3/h(H,2,3,4);(H2,1,2,3). The summed E-state index contributed by atoms with van der Waals surface area (Å²) >= 11 is -2.61. The van der Waals surface area contributed by atoms with Crippen LogP contribution in [0.25, 0.3) is 0 Å². The SMILES string of the molecule is O=S(=O)(O)Cl.O=S(O)O. The van der Waals surface area contributed by atoms with E-state index >= 15 is 0 Å². The van der Waals surface area contributed by atoms with Gasteiger partial charge in [-0.1, -0.05) is 0 Å². The molecule has 0 unspecified atom stereocenters. The topological polar surface area (TPSA) is 112 Å². The largest absolute Gasteiger partial charge is 0.353 e. The fourth-order valence-corrected chi connectivity index (χ4v) is 0. The highest BCUT2D eigenvalue weighted by Crippen LogP contribution is 1.82. The summed E-state index contributed by atoms with van der Waals surface area (Å²) in [7, 11) is -0.137. The predicted octanol–water partition coefficient (Wildman–Crippen LogP) is -0.291. The van der Waals surface area contributed by atoms with Crippen molar-refractivity contribution in [2.45, 2.75) is 0 Å². The molecular weight excluding hydrogens is 196 g/mol. The molecular formula is H3ClO6S2. The molecule has 0 aromatic rings. The lowest BCUT2D eigenvalue weighted by Gasteiger charge is -1.65. The Morgan fingerprint density at radius 3 is 1.33 bits per heavy atom. The molecule has 0 fully saturated rings. The van der Waals surface area contributed by atoms with Crippen LogP contribution >= 0.6 is 10.7 Å². The molecule has 9 heteroatoms. The van der Waals surface area contributed by atoms with Crippen molar-refractivity contribution in [3.05, 3.63) is 0 Å². The van der Waals surface area contributed by atoms with E-state index in [-0.39, 0.29) is 0 Å². The summed E-state index contributed by atoms with van der Waals surface area (Å²) in [6.45, 7) is 0. The molecule has 0 rings (SSSR count). The Bertz CT molecular complexity index is 153. The molecule has 58 valence electrons. The van der Waals surface area contributed by atoms with E-state index in [9.17, 15) is 0 Å². The van der Waals surface area contributed by atoms with E-state index in [2.05, 4.69) is 10.7 Å². The highest BCUT2D eigenvalue weighted by Gasteiger charge is 1.86. The van der Waals surface area contributed by atoms with Crippen molar-refractivity contribution in [3.63, 3.8) is 0 Å². The summed E-state index contributed by atoms with van der Waals surface area (Å²) in [6, 6.07) is 0. The zero-order chi connectivity index (χ0) is 8.08. The Morgan fingerprint density at radius 2 is 1.33 bits per heavy atom. The summed E-state index contributed by atoms with van der Waals surface area (Å²) < 4.78 is 48.0. The van der Waals surface area contributed by atoms with Gasteiger partial charge in [-0.3, -0.25) is 13.7 Å². The van der Waals surface area contributed by atoms with Crippen molar-refractivity contribution in [2.75, 3.05) is 0 Å². The van der Waals surface area contributed by atoms with Crippen LogP contribution in [0.1, 0.15) is 0 Å². The maximum atomic E-state index is 8.95. The zero-order valence-electron chi connectivity index (χ0n) is 3.76. The molecule has 0 saturated heterocycles. The lowest BCUT2D eigenvalue weighted by Crippen LogP contribution is -1.77. The van der Waals surface area contributed by atoms with Gasteiger partial charge < -0.3 is 0 Å². The molecule has 0 radical (unpaired) electrons. The third-order valence-corrected chi connectivity index (χ3v) is 0. The summed E-state index contributed by atoms with van der Waals surface area (Å²) in [5.74, 6) is 0. The van der Waals surface area contributed by atoms with E-state index in [1.807, 2.05) is 0 Å². The van der Waals surface area contributed by atoms with Gasteiger partial charge in [-0.2, -0.15) is 12.6 Å². The Morgan fingerprint density at radius 1 is 1.33 bits per heavy atom. The molecule has 0 bridgehead atoms. The zero-order valence-corrected chi connectivity index (χ0v) is 6.15. The number of hydrogen-bond donors (Lipinski definition) is 3. The first-order chi connectivity index (χ1) is 3.73. The molecule has 0 saturated carbocycles. The van der Waals surface area contributed by atoms with E-state index in [1.54, 1.807) is 0 Å². The summed E-state index contributed by atoms with van der Waals surface area (Å²) in [5.41, 5.74) is 0. The van der Waals surface area contributed by atoms with Gasteiger partial charge in [0.25, 0.3) is 11.4 Å². The monoisotopic (exact) mass is 198 g/mol. The van der Waals surface area contributed by atoms with Gasteiger partial charge in [-0.05, 0) is 0 Å². The van der Waals surface area contributed by atoms with Crippen molar-refractivity contribution in [1.82, 2.24) is 0 Å². The second-order valence-corrected chi connectivity index (χ2v) is 3.10. The maximum absolute atomic E-state index is 8.95. The van der Waals surface area contributed by atoms with E-state index in [1.165, 1.54) is 0 Å². The van der Waals surface area contributed by atoms with E-state index < -0.39 is 20.7 Å². The second-order valence-electron chi connectivity index (χ2n) is 0.643. The van der Waals surface area contributed by atoms with Crippen molar-refractivity contribution in [2.24, 2.45) is 0 Å². The molecule has 0 aliphatic rings. The molecule has 0 amide bonds. The number of rotatable bonds is 0. The molecule has 6 nitrogen and oxygen atoms in total. The van der Waals surface area contributed by atoms with Gasteiger partial charge in [0.1, 0.15) is 0 Å². The fraction of sp³-hybridized carbons (Fsp3) is 0. The minimum atomic E-state index is -4.19. The molecule has 0 atom stereocenters. The molecule has 9 heavy (non-hydrogen) atoms. The van der Waals surface area contributed by atoms with Gasteiger partial charge in [0.05, 0.1) is 0 Å². The number of halogens is 1. The molecule has 0 aromatic heterocycles. The van der Waals surface area contributed by atoms with Crippen LogP contribution < -0.4 is 0 Å². The van der Waals surface area contributed by atoms with Crippen LogP contribution in [0, 0.1) is 0 Å². The van der Waals surface area contributed by atoms with Crippen LogP contribution in [0.5, 0.6) is 0 Å². The van der Waals surface area contributed by atoms with Gasteiger partial charge in [0.15, 0.2) is 0 Å². The van der Waals surface area contributed by atoms with Gasteiger partial charge in [-0.15, -0.1) is 0 Å². The molecule has 0 heterocycles. The predicted molar refractivity (Wildman–Crippen MR) is 30.8 cm³/mol. The van der Waals surface area contributed by atoms with Crippen molar-refractivity contribution >= 4 is 31.4 Å². The first-order valence-corrected chi connectivity index (χ1v) is 4.53. The van der Waals surface area contributed by atoms with E-state index in [0.717, 1.165) is 0 Å². The summed E-state index contributed by atoms with van der Waals surface area (Å²) in [4.78, 5) is 0. The third kappa shape index (κ3) is 4460. The molecule has 0 aliphatic carbocycles. The van der Waals surface area contributed by atoms with Crippen LogP contribution in [-0.4, -0.2) is 26.3 Å². The summed E-state index contributed by atoms with van der Waals surface area (Å²) in [5, 5.41) is 0. The van der Waals surface area contributed by atoms with Crippen LogP contribution in [0.4, 0.5) is 0 Å². The van der Waals surface area contributed by atoms with Crippen LogP contribution in [0.15, 0.2) is 0 Å². The maximum Gasteiger partial charge on any atom is 0.353 e. The second kappa shape index (κ2) is 5.09. The smallest absolute Gasteiger partial charge is 0.284 e. The van der Waals surface area contributed by atoms with Crippen molar-refractivity contribution in [1.29, 1.82) is 0 Å². The van der Waals surface area contributed by atoms with Crippen LogP contribution in [-0.2, 0) is 20.7 Å². The van der Waals surface area contributed by atoms with Crippen molar-refractivity contribution in [3.8, 4) is 0 Å². The fourth-order valence-electron chi connectivity index (χ4n) is 0. The first kappa shape index (κ1) is 12.0. The van der Waals surface area contributed by atoms with Gasteiger partial charge in [0.2, 0.25) is 0 Å². The minimum absolute atomic E-state index is 2.61. The van der Waals surface area contributed by atoms with Crippen LogP contribution in [0.3, 0.4) is 0 Å². The average molecular weight is 199 g/mol. The quantitative estimate of drug-likeness (QED) is 0.280. The third-order valence-electron chi connectivity index (χ3n) is 0. The number of hydrogen-bond acceptors (Lipinski definition) is 3. The highest BCUT2D eigenvalue weighted by atomic mass is 35.7. The molecule has 0 aliphatic heterocycles. The van der Waals surface area contributed by atoms with Crippen molar-refractivity contribution < 1.29 is 26.3 Å². The Balaban J connectivity index is 0. The Kier molecular flexibility index (Phi) is 6.78. The summed E-state index contributed by atoms with van der Waals surface area (Å²) in [6.07, 6.45) is 0. The average Bonchev–Trinajstić information content (AvgIpc) is 1.19. The van der Waals surface area contributed by atoms with Crippen LogP contribution in [0.2, 0.25) is 0 Å². The van der Waals surface area contributed by atoms with Gasteiger partial charge >= 0.3 is 9.33 Å². The first-order valence-electron chi connectivity index (χ1n) is 1.20. The molecule has 0 aromatic carbocycles.